The lowest BCUT2D eigenvalue weighted by Gasteiger charge is -2.11. The van der Waals surface area contributed by atoms with E-state index in [9.17, 15) is 8.42 Å². The van der Waals surface area contributed by atoms with Gasteiger partial charge in [-0.15, -0.1) is 11.3 Å². The van der Waals surface area contributed by atoms with E-state index in [0.29, 0.717) is 24.4 Å². The Morgan fingerprint density at radius 2 is 2.10 bits per heavy atom. The molecule has 0 bridgehead atoms. The summed E-state index contributed by atoms with van der Waals surface area (Å²) in [4.78, 5) is 0.944. The number of nitrogens with two attached hydrogens (primary N) is 1. The molecule has 114 valence electrons. The van der Waals surface area contributed by atoms with Crippen LogP contribution in [0.4, 0.5) is 5.69 Å². The van der Waals surface area contributed by atoms with Gasteiger partial charge < -0.3 is 10.5 Å². The van der Waals surface area contributed by atoms with E-state index in [-0.39, 0.29) is 4.21 Å². The Morgan fingerprint density at radius 1 is 1.33 bits per heavy atom. The molecule has 0 spiro atoms. The molecule has 0 saturated heterocycles. The number of hydrogen-bond acceptors (Lipinski definition) is 5. The van der Waals surface area contributed by atoms with E-state index in [1.165, 1.54) is 18.4 Å². The second kappa shape index (κ2) is 6.78. The van der Waals surface area contributed by atoms with Crippen molar-refractivity contribution in [2.75, 3.05) is 18.4 Å². The van der Waals surface area contributed by atoms with E-state index in [1.54, 1.807) is 30.3 Å². The first-order chi connectivity index (χ1) is 9.96. The molecule has 0 saturated carbocycles. The molecule has 0 aliphatic rings. The van der Waals surface area contributed by atoms with E-state index >= 15 is 0 Å². The van der Waals surface area contributed by atoms with Crippen LogP contribution < -0.4 is 15.2 Å². The summed E-state index contributed by atoms with van der Waals surface area (Å²) in [5.41, 5.74) is 5.87. The third kappa shape index (κ3) is 3.97. The van der Waals surface area contributed by atoms with Crippen molar-refractivity contribution in [3.63, 3.8) is 0 Å². The molecule has 0 fully saturated rings. The van der Waals surface area contributed by atoms with Crippen molar-refractivity contribution in [1.82, 2.24) is 0 Å². The first-order valence-electron chi connectivity index (χ1n) is 6.11. The highest BCUT2D eigenvalue weighted by molar-refractivity contribution is 9.10. The van der Waals surface area contributed by atoms with Crippen LogP contribution in [0.15, 0.2) is 39.0 Å². The molecule has 0 radical (unpaired) electrons. The minimum Gasteiger partial charge on any atom is -0.495 e. The summed E-state index contributed by atoms with van der Waals surface area (Å²) >= 11 is 4.53. The van der Waals surface area contributed by atoms with Gasteiger partial charge >= 0.3 is 0 Å². The van der Waals surface area contributed by atoms with Crippen LogP contribution in [0.1, 0.15) is 4.88 Å². The van der Waals surface area contributed by atoms with Crippen LogP contribution in [0.3, 0.4) is 0 Å². The van der Waals surface area contributed by atoms with Gasteiger partial charge in [0.25, 0.3) is 10.0 Å². The van der Waals surface area contributed by atoms with Crippen LogP contribution in [0.2, 0.25) is 0 Å². The summed E-state index contributed by atoms with van der Waals surface area (Å²) in [6.45, 7) is 0.493. The molecule has 1 heterocycles. The van der Waals surface area contributed by atoms with Crippen molar-refractivity contribution < 1.29 is 13.2 Å². The van der Waals surface area contributed by atoms with Crippen LogP contribution in [0.5, 0.6) is 5.75 Å². The summed E-state index contributed by atoms with van der Waals surface area (Å²) < 4.78 is 33.5. The van der Waals surface area contributed by atoms with Crippen LogP contribution >= 0.6 is 27.3 Å². The van der Waals surface area contributed by atoms with Crippen molar-refractivity contribution >= 4 is 43.0 Å². The van der Waals surface area contributed by atoms with Gasteiger partial charge in [-0.3, -0.25) is 4.72 Å². The van der Waals surface area contributed by atoms with E-state index in [0.717, 1.165) is 9.35 Å². The number of methoxy groups -OCH3 is 1. The monoisotopic (exact) mass is 390 g/mol. The van der Waals surface area contributed by atoms with Crippen molar-refractivity contribution in [3.05, 3.63) is 39.7 Å². The summed E-state index contributed by atoms with van der Waals surface area (Å²) in [7, 11) is -2.14. The maximum atomic E-state index is 12.4. The highest BCUT2D eigenvalue weighted by Gasteiger charge is 2.19. The molecule has 2 aromatic rings. The van der Waals surface area contributed by atoms with E-state index < -0.39 is 10.0 Å². The quantitative estimate of drug-likeness (QED) is 0.794. The molecule has 2 rings (SSSR count). The van der Waals surface area contributed by atoms with Gasteiger partial charge in [-0.1, -0.05) is 15.9 Å². The normalized spacial score (nSPS) is 11.4. The van der Waals surface area contributed by atoms with Crippen LogP contribution in [-0.4, -0.2) is 22.1 Å². The number of anilines is 1. The van der Waals surface area contributed by atoms with Gasteiger partial charge in [0.05, 0.1) is 12.8 Å². The number of sulfonamides is 1. The van der Waals surface area contributed by atoms with Crippen LogP contribution in [0, 0.1) is 0 Å². The number of nitrogens with one attached hydrogen (secondary N) is 1. The smallest absolute Gasteiger partial charge is 0.271 e. The summed E-state index contributed by atoms with van der Waals surface area (Å²) in [6, 6.07) is 8.49. The summed E-state index contributed by atoms with van der Waals surface area (Å²) in [6.07, 6.45) is 0.667. The molecule has 1 aromatic carbocycles. The van der Waals surface area contributed by atoms with Crippen molar-refractivity contribution in [2.45, 2.75) is 10.6 Å². The van der Waals surface area contributed by atoms with Crippen molar-refractivity contribution in [1.29, 1.82) is 0 Å². The van der Waals surface area contributed by atoms with Gasteiger partial charge in [0.15, 0.2) is 0 Å². The van der Waals surface area contributed by atoms with Gasteiger partial charge in [0.2, 0.25) is 0 Å². The van der Waals surface area contributed by atoms with Crippen molar-refractivity contribution in [3.8, 4) is 5.75 Å². The zero-order valence-electron chi connectivity index (χ0n) is 11.3. The lowest BCUT2D eigenvalue weighted by molar-refractivity contribution is 0.417. The zero-order chi connectivity index (χ0) is 15.5. The third-order valence-corrected chi connectivity index (χ3v) is 6.19. The fraction of sp³-hybridized carbons (Fsp3) is 0.231. The van der Waals surface area contributed by atoms with E-state index in [1.807, 2.05) is 0 Å². The van der Waals surface area contributed by atoms with E-state index in [2.05, 4.69) is 20.7 Å². The van der Waals surface area contributed by atoms with Crippen LogP contribution in [0.25, 0.3) is 0 Å². The Bertz CT molecular complexity index is 729. The number of thiophene rings is 1. The van der Waals surface area contributed by atoms with Gasteiger partial charge in [-0.25, -0.2) is 8.42 Å². The fourth-order valence-electron chi connectivity index (χ4n) is 1.73. The lowest BCUT2D eigenvalue weighted by Crippen LogP contribution is -2.12. The Balaban J connectivity index is 2.30. The molecule has 21 heavy (non-hydrogen) atoms. The fourth-order valence-corrected chi connectivity index (χ4v) is 4.53. The molecule has 3 N–H and O–H groups in total. The molecule has 0 aliphatic heterocycles. The van der Waals surface area contributed by atoms with Gasteiger partial charge in [-0.05, 0) is 43.3 Å². The molecule has 5 nitrogen and oxygen atoms in total. The molecule has 0 amide bonds. The number of benzene rings is 1. The minimum absolute atomic E-state index is 0.257. The molecule has 8 heteroatoms. The van der Waals surface area contributed by atoms with E-state index in [4.69, 9.17) is 10.5 Å². The van der Waals surface area contributed by atoms with Gasteiger partial charge in [0.1, 0.15) is 9.96 Å². The second-order valence-electron chi connectivity index (χ2n) is 4.21. The molecular weight excluding hydrogens is 376 g/mol. The highest BCUT2D eigenvalue weighted by atomic mass is 79.9. The summed E-state index contributed by atoms with van der Waals surface area (Å²) in [5, 5.41) is 0. The molecule has 0 unspecified atom stereocenters. The maximum absolute atomic E-state index is 12.4. The topological polar surface area (TPSA) is 81.4 Å². The standard InChI is InChI=1S/C13H15BrN2O3S2/c1-19-12-4-2-9(14)8-11(12)16-21(17,18)13-5-3-10(20-13)6-7-15/h2-5,8,16H,6-7,15H2,1H3. The molecule has 0 aliphatic carbocycles. The Labute approximate surface area is 136 Å². The predicted molar refractivity (Wildman–Crippen MR) is 88.6 cm³/mol. The molecule has 0 atom stereocenters. The number of rotatable bonds is 6. The number of hydrogen-bond donors (Lipinski definition) is 2. The first-order valence-corrected chi connectivity index (χ1v) is 9.20. The largest absolute Gasteiger partial charge is 0.495 e. The number of ether oxygens (including phenoxy) is 1. The summed E-state index contributed by atoms with van der Waals surface area (Å²) in [5.74, 6) is 0.459. The SMILES string of the molecule is COc1ccc(Br)cc1NS(=O)(=O)c1ccc(CCN)s1. The first kappa shape index (κ1) is 16.3. The lowest BCUT2D eigenvalue weighted by atomic mass is 10.3. The Kier molecular flexibility index (Phi) is 5.26. The minimum atomic E-state index is -3.63. The predicted octanol–water partition coefficient (Wildman–Crippen LogP) is 2.82. The molecule has 1 aromatic heterocycles. The number of halogens is 1. The average molecular weight is 391 g/mol. The second-order valence-corrected chi connectivity index (χ2v) is 8.20. The van der Waals surface area contributed by atoms with Crippen molar-refractivity contribution in [2.24, 2.45) is 5.73 Å². The van der Waals surface area contributed by atoms with Gasteiger partial charge in [0, 0.05) is 9.35 Å². The maximum Gasteiger partial charge on any atom is 0.271 e. The van der Waals surface area contributed by atoms with Crippen LogP contribution in [-0.2, 0) is 16.4 Å². The Hall–Kier alpha value is -1.09. The van der Waals surface area contributed by atoms with Gasteiger partial charge in [-0.2, -0.15) is 0 Å². The zero-order valence-corrected chi connectivity index (χ0v) is 14.5. The third-order valence-electron chi connectivity index (χ3n) is 2.70. The average Bonchev–Trinajstić information content (AvgIpc) is 2.88. The molecular formula is C13H15BrN2O3S2. The highest BCUT2D eigenvalue weighted by Crippen LogP contribution is 2.31. The Morgan fingerprint density at radius 3 is 2.76 bits per heavy atom.